The molecule has 102 valence electrons. The Morgan fingerprint density at radius 2 is 2.21 bits per heavy atom. The van der Waals surface area contributed by atoms with Crippen LogP contribution in [0.4, 0.5) is 0 Å². The third-order valence-corrected chi connectivity index (χ3v) is 2.89. The molecule has 0 saturated carbocycles. The van der Waals surface area contributed by atoms with E-state index >= 15 is 0 Å². The number of likely N-dealkylation sites (N-methyl/N-ethyl adjacent to an activating group) is 1. The monoisotopic (exact) mass is 262 g/mol. The summed E-state index contributed by atoms with van der Waals surface area (Å²) in [5, 5.41) is 13.6. The Labute approximate surface area is 111 Å². The highest BCUT2D eigenvalue weighted by Crippen LogP contribution is 2.19. The summed E-state index contributed by atoms with van der Waals surface area (Å²) in [5.74, 6) is -0.951. The van der Waals surface area contributed by atoms with E-state index in [0.29, 0.717) is 12.2 Å². The van der Waals surface area contributed by atoms with Gasteiger partial charge in [-0.2, -0.15) is 5.10 Å². The summed E-state index contributed by atoms with van der Waals surface area (Å²) in [7, 11) is 5.81. The Morgan fingerprint density at radius 3 is 2.74 bits per heavy atom. The molecular weight excluding hydrogens is 244 g/mol. The molecule has 0 aliphatic carbocycles. The number of carbonyl (C=O) groups is 1. The number of nitrogens with zero attached hydrogens (tertiary/aromatic N) is 4. The van der Waals surface area contributed by atoms with Crippen molar-refractivity contribution >= 4 is 5.97 Å². The van der Waals surface area contributed by atoms with Crippen molar-refractivity contribution in [2.45, 2.75) is 6.54 Å². The quantitative estimate of drug-likeness (QED) is 0.878. The van der Waals surface area contributed by atoms with E-state index in [4.69, 9.17) is 0 Å². The molecule has 0 aliphatic rings. The molecule has 0 bridgehead atoms. The molecular formula is C13H18N4O2. The van der Waals surface area contributed by atoms with Gasteiger partial charge in [0.1, 0.15) is 5.69 Å². The van der Waals surface area contributed by atoms with Crippen LogP contribution in [0.3, 0.4) is 0 Å². The van der Waals surface area contributed by atoms with Crippen molar-refractivity contribution in [3.63, 3.8) is 0 Å². The Morgan fingerprint density at radius 1 is 1.47 bits per heavy atom. The lowest BCUT2D eigenvalue weighted by Gasteiger charge is -2.10. The van der Waals surface area contributed by atoms with Crippen LogP contribution in [0.15, 0.2) is 24.5 Å². The lowest BCUT2D eigenvalue weighted by atomic mass is 10.2. The first-order chi connectivity index (χ1) is 8.97. The van der Waals surface area contributed by atoms with Crippen LogP contribution < -0.4 is 0 Å². The smallest absolute Gasteiger partial charge is 0.354 e. The van der Waals surface area contributed by atoms with E-state index in [1.165, 1.54) is 0 Å². The van der Waals surface area contributed by atoms with Crippen molar-refractivity contribution in [1.82, 2.24) is 19.2 Å². The summed E-state index contributed by atoms with van der Waals surface area (Å²) < 4.78 is 3.46. The zero-order valence-corrected chi connectivity index (χ0v) is 11.4. The fraction of sp³-hybridized carbons (Fsp3) is 0.385. The molecule has 19 heavy (non-hydrogen) atoms. The second kappa shape index (κ2) is 5.27. The van der Waals surface area contributed by atoms with Crippen molar-refractivity contribution in [2.75, 3.05) is 20.6 Å². The fourth-order valence-electron chi connectivity index (χ4n) is 1.85. The van der Waals surface area contributed by atoms with Gasteiger partial charge in [-0.25, -0.2) is 4.79 Å². The topological polar surface area (TPSA) is 63.3 Å². The zero-order valence-electron chi connectivity index (χ0n) is 11.4. The molecule has 0 saturated heterocycles. The fourth-order valence-corrected chi connectivity index (χ4v) is 1.85. The highest BCUT2D eigenvalue weighted by atomic mass is 16.4. The number of aromatic nitrogens is 3. The Balaban J connectivity index is 2.32. The molecule has 0 unspecified atom stereocenters. The van der Waals surface area contributed by atoms with Crippen LogP contribution in [0.1, 0.15) is 10.5 Å². The molecule has 2 rings (SSSR count). The molecule has 0 amide bonds. The molecule has 0 atom stereocenters. The van der Waals surface area contributed by atoms with Gasteiger partial charge in [0.2, 0.25) is 0 Å². The van der Waals surface area contributed by atoms with Gasteiger partial charge in [-0.05, 0) is 26.2 Å². The van der Waals surface area contributed by atoms with Gasteiger partial charge in [0.25, 0.3) is 0 Å². The highest BCUT2D eigenvalue weighted by Gasteiger charge is 2.15. The van der Waals surface area contributed by atoms with E-state index in [2.05, 4.69) is 5.10 Å². The normalized spacial score (nSPS) is 11.2. The SMILES string of the molecule is CN(C)CCn1nc(-c2ccn(C)c2)cc1C(=O)O. The highest BCUT2D eigenvalue weighted by molar-refractivity contribution is 5.87. The molecule has 2 aromatic rings. The molecule has 0 spiro atoms. The predicted molar refractivity (Wildman–Crippen MR) is 72.1 cm³/mol. The maximum atomic E-state index is 11.2. The average molecular weight is 262 g/mol. The van der Waals surface area contributed by atoms with E-state index in [1.54, 1.807) is 10.7 Å². The molecule has 6 heteroatoms. The summed E-state index contributed by atoms with van der Waals surface area (Å²) in [4.78, 5) is 13.2. The lowest BCUT2D eigenvalue weighted by Crippen LogP contribution is -2.21. The molecule has 0 aromatic carbocycles. The maximum Gasteiger partial charge on any atom is 0.354 e. The summed E-state index contributed by atoms with van der Waals surface area (Å²) in [6.45, 7) is 1.30. The first-order valence-electron chi connectivity index (χ1n) is 6.05. The van der Waals surface area contributed by atoms with Gasteiger partial charge in [0, 0.05) is 31.5 Å². The Kier molecular flexibility index (Phi) is 3.71. The molecule has 0 radical (unpaired) electrons. The van der Waals surface area contributed by atoms with E-state index in [9.17, 15) is 9.90 Å². The molecule has 2 heterocycles. The molecule has 6 nitrogen and oxygen atoms in total. The second-order valence-electron chi connectivity index (χ2n) is 4.81. The molecule has 1 N–H and O–H groups in total. The Bertz CT molecular complexity index is 583. The second-order valence-corrected chi connectivity index (χ2v) is 4.81. The molecule has 0 fully saturated rings. The standard InChI is InChI=1S/C13H18N4O2/c1-15(2)6-7-17-12(13(18)19)8-11(14-17)10-4-5-16(3)9-10/h4-5,8-9H,6-7H2,1-3H3,(H,18,19). The first kappa shape index (κ1) is 13.4. The van der Waals surface area contributed by atoms with Gasteiger partial charge in [-0.15, -0.1) is 0 Å². The van der Waals surface area contributed by atoms with Gasteiger partial charge in [-0.3, -0.25) is 4.68 Å². The van der Waals surface area contributed by atoms with Crippen molar-refractivity contribution in [3.8, 4) is 11.3 Å². The number of aromatic carboxylic acids is 1. The van der Waals surface area contributed by atoms with Crippen molar-refractivity contribution in [1.29, 1.82) is 0 Å². The van der Waals surface area contributed by atoms with Gasteiger partial charge in [0.15, 0.2) is 0 Å². The van der Waals surface area contributed by atoms with Gasteiger partial charge in [0.05, 0.1) is 12.2 Å². The zero-order chi connectivity index (χ0) is 14.0. The minimum Gasteiger partial charge on any atom is -0.477 e. The van der Waals surface area contributed by atoms with Crippen LogP contribution in [0.5, 0.6) is 0 Å². The number of hydrogen-bond donors (Lipinski definition) is 1. The van der Waals surface area contributed by atoms with E-state index in [-0.39, 0.29) is 5.69 Å². The van der Waals surface area contributed by atoms with E-state index < -0.39 is 5.97 Å². The minimum atomic E-state index is -0.951. The van der Waals surface area contributed by atoms with Crippen LogP contribution in [-0.2, 0) is 13.6 Å². The van der Waals surface area contributed by atoms with Crippen molar-refractivity contribution < 1.29 is 9.90 Å². The lowest BCUT2D eigenvalue weighted by molar-refractivity contribution is 0.0682. The van der Waals surface area contributed by atoms with Crippen LogP contribution >= 0.6 is 0 Å². The summed E-state index contributed by atoms with van der Waals surface area (Å²) in [6.07, 6.45) is 3.83. The molecule has 2 aromatic heterocycles. The van der Waals surface area contributed by atoms with Crippen LogP contribution in [0, 0.1) is 0 Å². The largest absolute Gasteiger partial charge is 0.477 e. The summed E-state index contributed by atoms with van der Waals surface area (Å²) >= 11 is 0. The number of rotatable bonds is 5. The predicted octanol–water partition coefficient (Wildman–Crippen LogP) is 1.15. The summed E-state index contributed by atoms with van der Waals surface area (Å²) in [5.41, 5.74) is 1.84. The first-order valence-corrected chi connectivity index (χ1v) is 6.05. The third kappa shape index (κ3) is 3.03. The minimum absolute atomic E-state index is 0.223. The Hall–Kier alpha value is -2.08. The van der Waals surface area contributed by atoms with Gasteiger partial charge in [-0.1, -0.05) is 0 Å². The number of carboxylic acids is 1. The number of hydrogen-bond acceptors (Lipinski definition) is 3. The van der Waals surface area contributed by atoms with E-state index in [0.717, 1.165) is 12.1 Å². The van der Waals surface area contributed by atoms with Crippen molar-refractivity contribution in [3.05, 3.63) is 30.2 Å². The van der Waals surface area contributed by atoms with Crippen LogP contribution in [0.2, 0.25) is 0 Å². The van der Waals surface area contributed by atoms with Gasteiger partial charge >= 0.3 is 5.97 Å². The van der Waals surface area contributed by atoms with Crippen LogP contribution in [-0.4, -0.2) is 51.0 Å². The number of aryl methyl sites for hydroxylation is 1. The summed E-state index contributed by atoms with van der Waals surface area (Å²) in [6, 6.07) is 3.54. The molecule has 0 aliphatic heterocycles. The maximum absolute atomic E-state index is 11.2. The van der Waals surface area contributed by atoms with Crippen LogP contribution in [0.25, 0.3) is 11.3 Å². The average Bonchev–Trinajstić information content (AvgIpc) is 2.92. The third-order valence-electron chi connectivity index (χ3n) is 2.89. The van der Waals surface area contributed by atoms with Crippen molar-refractivity contribution in [2.24, 2.45) is 7.05 Å². The number of carboxylic acid groups (broad SMARTS) is 1. The van der Waals surface area contributed by atoms with Gasteiger partial charge < -0.3 is 14.6 Å². The van der Waals surface area contributed by atoms with E-state index in [1.807, 2.05) is 49.1 Å².